The van der Waals surface area contributed by atoms with Crippen LogP contribution in [0.15, 0.2) is 54.7 Å². The van der Waals surface area contributed by atoms with Gasteiger partial charge in [0.05, 0.1) is 0 Å². The van der Waals surface area contributed by atoms with E-state index in [0.29, 0.717) is 6.61 Å². The van der Waals surface area contributed by atoms with E-state index in [0.717, 1.165) is 11.7 Å². The van der Waals surface area contributed by atoms with E-state index < -0.39 is 0 Å². The fourth-order valence-electron chi connectivity index (χ4n) is 4.04. The molecule has 2 nitrogen and oxygen atoms in total. The molecule has 1 aliphatic rings. The summed E-state index contributed by atoms with van der Waals surface area (Å²) in [5, 5.41) is 1.35. The summed E-state index contributed by atoms with van der Waals surface area (Å²) in [7, 11) is 0. The van der Waals surface area contributed by atoms with E-state index in [1.807, 2.05) is 18.2 Å². The lowest BCUT2D eigenvalue weighted by atomic mass is 9.85. The Kier molecular flexibility index (Phi) is 5.06. The van der Waals surface area contributed by atoms with Crippen LogP contribution >= 0.6 is 0 Å². The number of aromatic nitrogens is 1. The van der Waals surface area contributed by atoms with Gasteiger partial charge in [0.2, 0.25) is 0 Å². The van der Waals surface area contributed by atoms with Crippen LogP contribution < -0.4 is 4.74 Å². The predicted molar refractivity (Wildman–Crippen MR) is 104 cm³/mol. The van der Waals surface area contributed by atoms with E-state index in [1.165, 1.54) is 67.0 Å². The molecular weight excluding hydrogens is 306 g/mol. The molecular formula is C23H27NO. The van der Waals surface area contributed by atoms with Crippen LogP contribution in [-0.2, 0) is 13.0 Å². The number of hydrogen-bond donors (Lipinski definition) is 1. The normalized spacial score (nSPS) is 15.5. The summed E-state index contributed by atoms with van der Waals surface area (Å²) in [5.41, 5.74) is 3.83. The van der Waals surface area contributed by atoms with Crippen LogP contribution in [0.4, 0.5) is 0 Å². The highest BCUT2D eigenvalue weighted by Gasteiger charge is 2.14. The van der Waals surface area contributed by atoms with Gasteiger partial charge in [-0.15, -0.1) is 0 Å². The van der Waals surface area contributed by atoms with Gasteiger partial charge in [-0.25, -0.2) is 0 Å². The van der Waals surface area contributed by atoms with Crippen molar-refractivity contribution in [2.24, 2.45) is 5.92 Å². The molecule has 0 amide bonds. The standard InChI is InChI=1S/C23H27NO/c1-3-7-18(8-4-1)11-12-20-16-24-23-15-21(13-14-22(20)23)25-17-19-9-5-2-6-10-19/h2,5-6,9-10,13-16,18,24H,1,3-4,7-8,11-12,17H2. The second-order valence-electron chi connectivity index (χ2n) is 7.34. The lowest BCUT2D eigenvalue weighted by Crippen LogP contribution is -2.07. The molecule has 1 aromatic heterocycles. The number of aromatic amines is 1. The molecule has 4 rings (SSSR count). The van der Waals surface area contributed by atoms with Crippen molar-refractivity contribution in [3.8, 4) is 5.75 Å². The van der Waals surface area contributed by atoms with E-state index in [2.05, 4.69) is 41.5 Å². The van der Waals surface area contributed by atoms with Crippen molar-refractivity contribution in [2.45, 2.75) is 51.6 Å². The van der Waals surface area contributed by atoms with Gasteiger partial charge < -0.3 is 9.72 Å². The zero-order valence-corrected chi connectivity index (χ0v) is 14.8. The molecule has 0 bridgehead atoms. The van der Waals surface area contributed by atoms with E-state index in [-0.39, 0.29) is 0 Å². The molecule has 0 atom stereocenters. The molecule has 0 saturated heterocycles. The summed E-state index contributed by atoms with van der Waals surface area (Å²) >= 11 is 0. The van der Waals surface area contributed by atoms with Crippen LogP contribution in [0.5, 0.6) is 5.75 Å². The quantitative estimate of drug-likeness (QED) is 0.566. The average Bonchev–Trinajstić information content (AvgIpc) is 3.09. The second kappa shape index (κ2) is 7.77. The molecule has 25 heavy (non-hydrogen) atoms. The number of H-pyrrole nitrogens is 1. The summed E-state index contributed by atoms with van der Waals surface area (Å²) in [6.45, 7) is 0.613. The maximum absolute atomic E-state index is 5.94. The van der Waals surface area contributed by atoms with E-state index >= 15 is 0 Å². The van der Waals surface area contributed by atoms with Crippen molar-refractivity contribution < 1.29 is 4.74 Å². The summed E-state index contributed by atoms with van der Waals surface area (Å²) in [4.78, 5) is 3.43. The van der Waals surface area contributed by atoms with Crippen LogP contribution in [0.25, 0.3) is 10.9 Å². The first-order valence-electron chi connectivity index (χ1n) is 9.65. The first-order chi connectivity index (χ1) is 12.4. The Bertz CT molecular complexity index is 799. The molecule has 0 spiro atoms. The fourth-order valence-corrected chi connectivity index (χ4v) is 4.04. The lowest BCUT2D eigenvalue weighted by molar-refractivity contribution is 0.306. The SMILES string of the molecule is c1ccc(COc2ccc3c(CCC4CCCCC4)c[nH]c3c2)cc1. The Morgan fingerprint density at radius 1 is 0.960 bits per heavy atom. The van der Waals surface area contributed by atoms with Crippen molar-refractivity contribution in [1.29, 1.82) is 0 Å². The highest BCUT2D eigenvalue weighted by molar-refractivity contribution is 5.84. The topological polar surface area (TPSA) is 25.0 Å². The Morgan fingerprint density at radius 3 is 2.64 bits per heavy atom. The number of fused-ring (bicyclic) bond motifs is 1. The van der Waals surface area contributed by atoms with Crippen LogP contribution in [0.2, 0.25) is 0 Å². The van der Waals surface area contributed by atoms with Crippen molar-refractivity contribution in [3.63, 3.8) is 0 Å². The molecule has 1 fully saturated rings. The van der Waals surface area contributed by atoms with Gasteiger partial charge in [-0.3, -0.25) is 0 Å². The predicted octanol–water partition coefficient (Wildman–Crippen LogP) is 6.26. The van der Waals surface area contributed by atoms with Gasteiger partial charge in [0.15, 0.2) is 0 Å². The number of hydrogen-bond acceptors (Lipinski definition) is 1. The molecule has 0 aliphatic heterocycles. The van der Waals surface area contributed by atoms with Gasteiger partial charge in [0.25, 0.3) is 0 Å². The monoisotopic (exact) mass is 333 g/mol. The number of nitrogens with one attached hydrogen (secondary N) is 1. The number of rotatable bonds is 6. The Hall–Kier alpha value is -2.22. The first kappa shape index (κ1) is 16.3. The van der Waals surface area contributed by atoms with Gasteiger partial charge in [0.1, 0.15) is 12.4 Å². The zero-order chi connectivity index (χ0) is 16.9. The molecule has 1 heterocycles. The Morgan fingerprint density at radius 2 is 1.80 bits per heavy atom. The van der Waals surface area contributed by atoms with Crippen LogP contribution in [-0.4, -0.2) is 4.98 Å². The number of aryl methyl sites for hydroxylation is 1. The molecule has 2 heteroatoms. The fraction of sp³-hybridized carbons (Fsp3) is 0.391. The van der Waals surface area contributed by atoms with Gasteiger partial charge >= 0.3 is 0 Å². The summed E-state index contributed by atoms with van der Waals surface area (Å²) in [6, 6.07) is 16.8. The first-order valence-corrected chi connectivity index (χ1v) is 9.65. The lowest BCUT2D eigenvalue weighted by Gasteiger charge is -2.21. The van der Waals surface area contributed by atoms with Gasteiger partial charge in [-0.05, 0) is 42.0 Å². The molecule has 3 aromatic rings. The molecule has 1 saturated carbocycles. The Balaban J connectivity index is 1.40. The van der Waals surface area contributed by atoms with Crippen molar-refractivity contribution in [1.82, 2.24) is 4.98 Å². The molecule has 130 valence electrons. The van der Waals surface area contributed by atoms with Gasteiger partial charge in [0, 0.05) is 23.2 Å². The van der Waals surface area contributed by atoms with Crippen LogP contribution in [0.3, 0.4) is 0 Å². The third-order valence-electron chi connectivity index (χ3n) is 5.53. The minimum Gasteiger partial charge on any atom is -0.489 e. The maximum Gasteiger partial charge on any atom is 0.121 e. The van der Waals surface area contributed by atoms with Crippen LogP contribution in [0, 0.1) is 5.92 Å². The smallest absolute Gasteiger partial charge is 0.121 e. The molecule has 1 N–H and O–H groups in total. The second-order valence-corrected chi connectivity index (χ2v) is 7.34. The molecule has 0 radical (unpaired) electrons. The highest BCUT2D eigenvalue weighted by Crippen LogP contribution is 2.30. The maximum atomic E-state index is 5.94. The number of ether oxygens (including phenoxy) is 1. The molecule has 1 aliphatic carbocycles. The van der Waals surface area contributed by atoms with Gasteiger partial charge in [-0.1, -0.05) is 62.4 Å². The van der Waals surface area contributed by atoms with E-state index in [4.69, 9.17) is 4.74 Å². The molecule has 0 unspecified atom stereocenters. The Labute approximate surface area is 150 Å². The summed E-state index contributed by atoms with van der Waals surface area (Å²) in [6.07, 6.45) is 11.9. The largest absolute Gasteiger partial charge is 0.489 e. The minimum absolute atomic E-state index is 0.613. The minimum atomic E-state index is 0.613. The van der Waals surface area contributed by atoms with Crippen molar-refractivity contribution in [2.75, 3.05) is 0 Å². The third kappa shape index (κ3) is 4.07. The average molecular weight is 333 g/mol. The third-order valence-corrected chi connectivity index (χ3v) is 5.53. The van der Waals surface area contributed by atoms with E-state index in [1.54, 1.807) is 0 Å². The van der Waals surface area contributed by atoms with Gasteiger partial charge in [-0.2, -0.15) is 0 Å². The van der Waals surface area contributed by atoms with E-state index in [9.17, 15) is 0 Å². The summed E-state index contributed by atoms with van der Waals surface area (Å²) < 4.78 is 5.94. The zero-order valence-electron chi connectivity index (χ0n) is 14.8. The molecule has 2 aromatic carbocycles. The summed E-state index contributed by atoms with van der Waals surface area (Å²) in [5.74, 6) is 1.87. The highest BCUT2D eigenvalue weighted by atomic mass is 16.5. The van der Waals surface area contributed by atoms with Crippen molar-refractivity contribution >= 4 is 10.9 Å². The van der Waals surface area contributed by atoms with Crippen molar-refractivity contribution in [3.05, 3.63) is 65.9 Å². The van der Waals surface area contributed by atoms with Crippen LogP contribution in [0.1, 0.15) is 49.7 Å². The number of benzene rings is 2.